The van der Waals surface area contributed by atoms with Gasteiger partial charge in [0.05, 0.1) is 22.4 Å². The first-order valence-electron chi connectivity index (χ1n) is 18.2. The van der Waals surface area contributed by atoms with Crippen molar-refractivity contribution in [1.82, 2.24) is 4.57 Å². The van der Waals surface area contributed by atoms with E-state index < -0.39 is 0 Å². The summed E-state index contributed by atoms with van der Waals surface area (Å²) in [5.41, 5.74) is 18.6. The third kappa shape index (κ3) is 3.74. The summed E-state index contributed by atoms with van der Waals surface area (Å²) in [6.07, 6.45) is 6.14. The number of para-hydroxylation sites is 3. The van der Waals surface area contributed by atoms with E-state index in [-0.39, 0.29) is 5.41 Å². The molecule has 1 saturated carbocycles. The third-order valence-electron chi connectivity index (χ3n) is 11.9. The number of rotatable bonds is 4. The van der Waals surface area contributed by atoms with Crippen molar-refractivity contribution < 1.29 is 0 Å². The van der Waals surface area contributed by atoms with Gasteiger partial charge in [-0.2, -0.15) is 0 Å². The van der Waals surface area contributed by atoms with E-state index in [4.69, 9.17) is 0 Å². The molecule has 3 aliphatic rings. The minimum absolute atomic E-state index is 0.0486. The highest BCUT2D eigenvalue weighted by molar-refractivity contribution is 6.20. The lowest BCUT2D eigenvalue weighted by Gasteiger charge is -2.39. The molecule has 1 fully saturated rings. The Kier molecular flexibility index (Phi) is 5.92. The molecule has 2 heteroatoms. The molecule has 2 nitrogen and oxygen atoms in total. The largest absolute Gasteiger partial charge is 0.310 e. The first-order chi connectivity index (χ1) is 24.8. The Morgan fingerprint density at radius 2 is 1.16 bits per heavy atom. The molecule has 0 saturated heterocycles. The fourth-order valence-corrected chi connectivity index (χ4v) is 9.86. The van der Waals surface area contributed by atoms with E-state index in [1.807, 2.05) is 0 Å². The molecule has 2 heterocycles. The number of hydrogen-bond acceptors (Lipinski definition) is 1. The van der Waals surface area contributed by atoms with Crippen molar-refractivity contribution in [1.29, 1.82) is 0 Å². The second kappa shape index (κ2) is 10.6. The van der Waals surface area contributed by atoms with Gasteiger partial charge in [-0.05, 0) is 88.7 Å². The average molecular weight is 641 g/mol. The van der Waals surface area contributed by atoms with Crippen LogP contribution in [0.25, 0.3) is 60.9 Å². The second-order valence-electron chi connectivity index (χ2n) is 14.4. The van der Waals surface area contributed by atoms with Crippen LogP contribution in [0.5, 0.6) is 0 Å². The third-order valence-corrected chi connectivity index (χ3v) is 11.9. The van der Waals surface area contributed by atoms with E-state index in [1.165, 1.54) is 121 Å². The Morgan fingerprint density at radius 1 is 0.500 bits per heavy atom. The van der Waals surface area contributed by atoms with Gasteiger partial charge in [-0.1, -0.05) is 135 Å². The second-order valence-corrected chi connectivity index (χ2v) is 14.4. The monoisotopic (exact) mass is 640 g/mol. The highest BCUT2D eigenvalue weighted by Gasteiger charge is 2.49. The van der Waals surface area contributed by atoms with Gasteiger partial charge < -0.3 is 9.47 Å². The average Bonchev–Trinajstić information content (AvgIpc) is 3.61. The molecule has 1 aliphatic heterocycles. The number of fused-ring (bicyclic) bond motifs is 8. The highest BCUT2D eigenvalue weighted by Crippen LogP contribution is 2.65. The first kappa shape index (κ1) is 28.0. The SMILES string of the molecule is c1ccc(-c2ccc(N(c3ccccc3)c3cc4c5ccccc5n5c4c4c3C3(CCCCC3)c3cccc(c3-4)-c3ccccc3-5)cc2)cc1. The Hall–Kier alpha value is -5.86. The van der Waals surface area contributed by atoms with E-state index >= 15 is 0 Å². The Labute approximate surface area is 292 Å². The van der Waals surface area contributed by atoms with E-state index in [2.05, 4.69) is 167 Å². The highest BCUT2D eigenvalue weighted by atomic mass is 15.1. The van der Waals surface area contributed by atoms with Crippen LogP contribution in [0.2, 0.25) is 0 Å². The van der Waals surface area contributed by atoms with Crippen LogP contribution in [-0.4, -0.2) is 4.57 Å². The summed E-state index contributed by atoms with van der Waals surface area (Å²) in [6.45, 7) is 0. The van der Waals surface area contributed by atoms with Gasteiger partial charge in [0, 0.05) is 38.7 Å². The molecule has 0 bridgehead atoms. The number of anilines is 3. The summed E-state index contributed by atoms with van der Waals surface area (Å²) in [5.74, 6) is 0. The minimum atomic E-state index is -0.0486. The van der Waals surface area contributed by atoms with Crippen LogP contribution in [0.4, 0.5) is 17.1 Å². The topological polar surface area (TPSA) is 8.17 Å². The van der Waals surface area contributed by atoms with Gasteiger partial charge in [-0.25, -0.2) is 0 Å². The fourth-order valence-electron chi connectivity index (χ4n) is 9.86. The summed E-state index contributed by atoms with van der Waals surface area (Å²) in [4.78, 5) is 2.56. The van der Waals surface area contributed by atoms with E-state index in [9.17, 15) is 0 Å². The van der Waals surface area contributed by atoms with Crippen LogP contribution >= 0.6 is 0 Å². The zero-order chi connectivity index (χ0) is 32.8. The summed E-state index contributed by atoms with van der Waals surface area (Å²) in [5, 5.41) is 2.63. The zero-order valence-corrected chi connectivity index (χ0v) is 27.9. The van der Waals surface area contributed by atoms with Crippen LogP contribution in [0, 0.1) is 0 Å². The smallest absolute Gasteiger partial charge is 0.0624 e. The molecule has 7 aromatic carbocycles. The molecule has 238 valence electrons. The Morgan fingerprint density at radius 3 is 1.98 bits per heavy atom. The van der Waals surface area contributed by atoms with Crippen LogP contribution < -0.4 is 4.90 Å². The molecule has 0 N–H and O–H groups in total. The lowest BCUT2D eigenvalue weighted by Crippen LogP contribution is -2.30. The molecular formula is C48H36N2. The van der Waals surface area contributed by atoms with Gasteiger partial charge in [0.25, 0.3) is 0 Å². The quantitative estimate of drug-likeness (QED) is 0.186. The predicted molar refractivity (Wildman–Crippen MR) is 209 cm³/mol. The summed E-state index contributed by atoms with van der Waals surface area (Å²) in [7, 11) is 0. The maximum atomic E-state index is 2.59. The lowest BCUT2D eigenvalue weighted by molar-refractivity contribution is 0.353. The van der Waals surface area contributed by atoms with Crippen molar-refractivity contribution in [2.24, 2.45) is 0 Å². The van der Waals surface area contributed by atoms with E-state index in [0.29, 0.717) is 0 Å². The molecule has 11 rings (SSSR count). The Bertz CT molecular complexity index is 2610. The van der Waals surface area contributed by atoms with E-state index in [1.54, 1.807) is 0 Å². The molecule has 8 aromatic rings. The van der Waals surface area contributed by atoms with Crippen molar-refractivity contribution in [2.75, 3.05) is 4.90 Å². The molecule has 0 radical (unpaired) electrons. The molecule has 2 aliphatic carbocycles. The zero-order valence-electron chi connectivity index (χ0n) is 27.9. The number of aromatic nitrogens is 1. The maximum absolute atomic E-state index is 2.59. The number of benzene rings is 7. The molecular weight excluding hydrogens is 605 g/mol. The lowest BCUT2D eigenvalue weighted by atomic mass is 9.67. The van der Waals surface area contributed by atoms with Crippen LogP contribution in [0.15, 0.2) is 158 Å². The summed E-state index contributed by atoms with van der Waals surface area (Å²) in [6, 6.07) is 58.9. The first-order valence-corrected chi connectivity index (χ1v) is 18.2. The molecule has 50 heavy (non-hydrogen) atoms. The van der Waals surface area contributed by atoms with Gasteiger partial charge in [0.2, 0.25) is 0 Å². The van der Waals surface area contributed by atoms with Crippen molar-refractivity contribution >= 4 is 38.9 Å². The summed E-state index contributed by atoms with van der Waals surface area (Å²) < 4.78 is 2.59. The van der Waals surface area contributed by atoms with Gasteiger partial charge in [-0.3, -0.25) is 0 Å². The Balaban J connectivity index is 1.30. The fraction of sp³-hybridized carbons (Fsp3) is 0.125. The molecule has 0 amide bonds. The van der Waals surface area contributed by atoms with Gasteiger partial charge in [0.1, 0.15) is 0 Å². The molecule has 1 spiro atoms. The number of hydrogen-bond donors (Lipinski definition) is 0. The van der Waals surface area contributed by atoms with Crippen LogP contribution in [-0.2, 0) is 5.41 Å². The van der Waals surface area contributed by atoms with Crippen molar-refractivity contribution in [3.8, 4) is 39.1 Å². The van der Waals surface area contributed by atoms with Crippen molar-refractivity contribution in [3.05, 3.63) is 169 Å². The summed E-state index contributed by atoms with van der Waals surface area (Å²) >= 11 is 0. The molecule has 0 unspecified atom stereocenters. The van der Waals surface area contributed by atoms with Crippen LogP contribution in [0.1, 0.15) is 43.2 Å². The molecule has 1 aromatic heterocycles. The van der Waals surface area contributed by atoms with E-state index in [0.717, 1.165) is 0 Å². The standard InChI is InChI=1S/C48H36N2/c1-4-15-32(16-5-1)33-25-27-35(28-26-33)49(34-17-6-2-7-18-34)43-31-39-37-20-9-11-24-42(37)50-41-23-10-8-19-36(41)38-21-14-22-40-44(38)45(47(39)50)46(43)48(40)29-12-3-13-30-48/h1-2,4-11,14-28,31H,3,12-13,29-30H2. The van der Waals surface area contributed by atoms with Crippen LogP contribution in [0.3, 0.4) is 0 Å². The van der Waals surface area contributed by atoms with Gasteiger partial charge in [-0.15, -0.1) is 0 Å². The minimum Gasteiger partial charge on any atom is -0.310 e. The van der Waals surface area contributed by atoms with Gasteiger partial charge >= 0.3 is 0 Å². The predicted octanol–water partition coefficient (Wildman–Crippen LogP) is 13.1. The van der Waals surface area contributed by atoms with Crippen molar-refractivity contribution in [3.63, 3.8) is 0 Å². The normalized spacial score (nSPS) is 15.0. The molecule has 0 atom stereocenters. The number of nitrogens with zero attached hydrogens (tertiary/aromatic N) is 2. The van der Waals surface area contributed by atoms with Gasteiger partial charge in [0.15, 0.2) is 0 Å². The van der Waals surface area contributed by atoms with Crippen molar-refractivity contribution in [2.45, 2.75) is 37.5 Å². The maximum Gasteiger partial charge on any atom is 0.0624 e.